The van der Waals surface area contributed by atoms with Gasteiger partial charge in [-0.1, -0.05) is 45.8 Å². The highest BCUT2D eigenvalue weighted by molar-refractivity contribution is 5.98. The number of nitrogens with one attached hydrogen (secondary N) is 1. The zero-order chi connectivity index (χ0) is 30.3. The Morgan fingerprint density at radius 1 is 1.24 bits per heavy atom. The lowest BCUT2D eigenvalue weighted by molar-refractivity contribution is -0.160. The fourth-order valence-corrected chi connectivity index (χ4v) is 6.69. The second-order valence-electron chi connectivity index (χ2n) is 12.0. The number of aliphatic hydroxyl groups is 1. The molecule has 1 spiro atoms. The van der Waals surface area contributed by atoms with Crippen LogP contribution < -0.4 is 5.32 Å². The number of esters is 1. The zero-order valence-electron chi connectivity index (χ0n) is 25.2. The minimum atomic E-state index is -1.17. The van der Waals surface area contributed by atoms with Crippen molar-refractivity contribution in [1.82, 2.24) is 15.1 Å². The van der Waals surface area contributed by atoms with Crippen molar-refractivity contribution in [2.45, 2.75) is 103 Å². The smallest absolute Gasteiger partial charge is 0.312 e. The molecule has 230 valence electrons. The Kier molecular flexibility index (Phi) is 11.6. The van der Waals surface area contributed by atoms with Crippen LogP contribution in [0.5, 0.6) is 0 Å². The number of hydrogen-bond acceptors (Lipinski definition) is 7. The minimum absolute atomic E-state index is 0.130. The molecule has 10 heteroatoms. The number of hydrogen-bond donors (Lipinski definition) is 2. The van der Waals surface area contributed by atoms with E-state index < -0.39 is 47.7 Å². The Bertz CT molecular complexity index is 985. The van der Waals surface area contributed by atoms with Crippen molar-refractivity contribution in [3.05, 3.63) is 25.3 Å². The van der Waals surface area contributed by atoms with E-state index in [0.717, 1.165) is 19.3 Å². The molecule has 0 radical (unpaired) electrons. The summed E-state index contributed by atoms with van der Waals surface area (Å²) >= 11 is 0. The summed E-state index contributed by atoms with van der Waals surface area (Å²) in [7, 11) is 0. The molecule has 0 aromatic carbocycles. The van der Waals surface area contributed by atoms with E-state index in [2.05, 4.69) is 25.4 Å². The molecule has 0 saturated carbocycles. The maximum Gasteiger partial charge on any atom is 0.312 e. The Morgan fingerprint density at radius 2 is 1.98 bits per heavy atom. The number of amides is 3. The average Bonchev–Trinajstić information content (AvgIpc) is 3.58. The first-order chi connectivity index (χ1) is 19.6. The van der Waals surface area contributed by atoms with E-state index in [1.165, 1.54) is 4.90 Å². The van der Waals surface area contributed by atoms with Crippen molar-refractivity contribution >= 4 is 23.7 Å². The maximum absolute atomic E-state index is 14.3. The number of carbonyl (C=O) groups excluding carboxylic acids is 4. The molecular formula is C31H49N3O7. The number of nitrogens with zero attached hydrogens (tertiary/aromatic N) is 2. The first-order valence-corrected chi connectivity index (χ1v) is 15.2. The molecule has 3 heterocycles. The summed E-state index contributed by atoms with van der Waals surface area (Å²) in [4.78, 5) is 57.3. The van der Waals surface area contributed by atoms with Crippen molar-refractivity contribution in [2.75, 3.05) is 26.2 Å². The van der Waals surface area contributed by atoms with E-state index in [-0.39, 0.29) is 36.8 Å². The summed E-state index contributed by atoms with van der Waals surface area (Å²) in [5.41, 5.74) is -1.17. The Labute approximate surface area is 244 Å². The Morgan fingerprint density at radius 3 is 2.59 bits per heavy atom. The second kappa shape index (κ2) is 14.4. The van der Waals surface area contributed by atoms with Crippen molar-refractivity contribution in [3.8, 4) is 0 Å². The van der Waals surface area contributed by atoms with Gasteiger partial charge in [0.25, 0.3) is 0 Å². The summed E-state index contributed by atoms with van der Waals surface area (Å²) in [5.74, 6) is -3.19. The topological polar surface area (TPSA) is 125 Å². The van der Waals surface area contributed by atoms with Gasteiger partial charge in [0.15, 0.2) is 0 Å². The standard InChI is InChI=1S/C31H49N3O7/c1-7-10-12-17-33(16-9-3)29(38)27-31-15-14-23(41-31)25(26(31)28(37)34(27)22(19-35)20(4)5)30(39)40-21(6)18-32-24(36)13-11-8-2/h8-9,20-23,25-27,35H,2-3,7,10-19H2,1,4-6H3,(H,32,36)/t21-,22-,23-,25+,26+,27-,31+/m0/s1. The number of likely N-dealkylation sites (tertiary alicyclic amines) is 1. The van der Waals surface area contributed by atoms with E-state index in [0.29, 0.717) is 38.8 Å². The van der Waals surface area contributed by atoms with Gasteiger partial charge in [-0.15, -0.1) is 13.2 Å². The van der Waals surface area contributed by atoms with Crippen LogP contribution in [0.15, 0.2) is 25.3 Å². The molecule has 7 atom stereocenters. The third kappa shape index (κ3) is 6.69. The van der Waals surface area contributed by atoms with Gasteiger partial charge in [0, 0.05) is 19.5 Å². The van der Waals surface area contributed by atoms with Crippen LogP contribution in [-0.2, 0) is 28.7 Å². The number of fused-ring (bicyclic) bond motifs is 1. The molecule has 0 aromatic rings. The molecule has 0 aromatic heterocycles. The first kappa shape index (κ1) is 32.8. The van der Waals surface area contributed by atoms with Crippen LogP contribution in [0.25, 0.3) is 0 Å². The van der Waals surface area contributed by atoms with Gasteiger partial charge in [-0.25, -0.2) is 0 Å². The number of carbonyl (C=O) groups is 4. The summed E-state index contributed by atoms with van der Waals surface area (Å²) in [5, 5.41) is 13.1. The predicted molar refractivity (Wildman–Crippen MR) is 154 cm³/mol. The maximum atomic E-state index is 14.3. The van der Waals surface area contributed by atoms with Crippen molar-refractivity contribution < 1.29 is 33.8 Å². The SMILES string of the molecule is C=CCCC(=O)NC[C@H](C)OC(=O)[C@@H]1[C@@H]2CC[C@]3(O2)[C@H](C(=O)N(CC=C)CCCCC)N([C@@H](CO)C(C)C)C(=O)[C@@H]13. The van der Waals surface area contributed by atoms with Gasteiger partial charge in [0.05, 0.1) is 37.1 Å². The molecule has 3 saturated heterocycles. The molecule has 2 bridgehead atoms. The van der Waals surface area contributed by atoms with Crippen LogP contribution in [0.3, 0.4) is 0 Å². The average molecular weight is 576 g/mol. The predicted octanol–water partition coefficient (Wildman–Crippen LogP) is 2.60. The Hall–Kier alpha value is -2.72. The summed E-state index contributed by atoms with van der Waals surface area (Å²) in [6.45, 7) is 15.7. The van der Waals surface area contributed by atoms with Crippen LogP contribution in [-0.4, -0.2) is 94.7 Å². The summed E-state index contributed by atoms with van der Waals surface area (Å²) in [6.07, 6.45) is 6.82. The van der Waals surface area contributed by atoms with Gasteiger partial charge in [-0.3, -0.25) is 19.2 Å². The van der Waals surface area contributed by atoms with Crippen LogP contribution in [0, 0.1) is 17.8 Å². The molecule has 0 aliphatic carbocycles. The molecule has 2 N–H and O–H groups in total. The third-order valence-corrected chi connectivity index (χ3v) is 8.73. The Balaban J connectivity index is 1.89. The van der Waals surface area contributed by atoms with Gasteiger partial charge in [-0.05, 0) is 38.5 Å². The molecule has 0 unspecified atom stereocenters. The van der Waals surface area contributed by atoms with Crippen LogP contribution in [0.2, 0.25) is 0 Å². The lowest BCUT2D eigenvalue weighted by Crippen LogP contribution is -2.59. The molecule has 3 amide bonds. The highest BCUT2D eigenvalue weighted by Gasteiger charge is 2.75. The largest absolute Gasteiger partial charge is 0.460 e. The number of aliphatic hydroxyl groups excluding tert-OH is 1. The highest BCUT2D eigenvalue weighted by Crippen LogP contribution is 2.59. The normalized spacial score (nSPS) is 27.9. The summed E-state index contributed by atoms with van der Waals surface area (Å²) in [6, 6.07) is -1.56. The quantitative estimate of drug-likeness (QED) is 0.155. The van der Waals surface area contributed by atoms with Gasteiger partial charge in [0.1, 0.15) is 17.7 Å². The zero-order valence-corrected chi connectivity index (χ0v) is 25.2. The number of ether oxygens (including phenoxy) is 2. The lowest BCUT2D eigenvalue weighted by Gasteiger charge is -2.40. The van der Waals surface area contributed by atoms with Crippen molar-refractivity contribution in [2.24, 2.45) is 17.8 Å². The highest BCUT2D eigenvalue weighted by atomic mass is 16.6. The number of rotatable bonds is 17. The molecule has 3 aliphatic rings. The molecule has 41 heavy (non-hydrogen) atoms. The van der Waals surface area contributed by atoms with Gasteiger partial charge in [0.2, 0.25) is 17.7 Å². The van der Waals surface area contributed by atoms with E-state index in [1.807, 2.05) is 13.8 Å². The van der Waals surface area contributed by atoms with Gasteiger partial charge in [-0.2, -0.15) is 0 Å². The fraction of sp³-hybridized carbons (Fsp3) is 0.742. The first-order valence-electron chi connectivity index (χ1n) is 15.2. The summed E-state index contributed by atoms with van der Waals surface area (Å²) < 4.78 is 12.2. The van der Waals surface area contributed by atoms with Crippen LogP contribution in [0.4, 0.5) is 0 Å². The molecule has 3 rings (SSSR count). The van der Waals surface area contributed by atoms with E-state index in [9.17, 15) is 24.3 Å². The van der Waals surface area contributed by atoms with E-state index >= 15 is 0 Å². The molecule has 3 aliphatic heterocycles. The van der Waals surface area contributed by atoms with E-state index in [4.69, 9.17) is 9.47 Å². The van der Waals surface area contributed by atoms with Crippen molar-refractivity contribution in [1.29, 1.82) is 0 Å². The molecule has 10 nitrogen and oxygen atoms in total. The minimum Gasteiger partial charge on any atom is -0.460 e. The van der Waals surface area contributed by atoms with Gasteiger partial charge < -0.3 is 29.7 Å². The number of unbranched alkanes of at least 4 members (excludes halogenated alkanes) is 2. The van der Waals surface area contributed by atoms with Gasteiger partial charge >= 0.3 is 5.97 Å². The van der Waals surface area contributed by atoms with Crippen LogP contribution >= 0.6 is 0 Å². The molecule has 3 fully saturated rings. The third-order valence-electron chi connectivity index (χ3n) is 8.73. The van der Waals surface area contributed by atoms with Crippen LogP contribution in [0.1, 0.15) is 72.6 Å². The molecular weight excluding hydrogens is 526 g/mol. The monoisotopic (exact) mass is 575 g/mol. The van der Waals surface area contributed by atoms with E-state index in [1.54, 1.807) is 24.0 Å². The fourth-order valence-electron chi connectivity index (χ4n) is 6.69. The number of allylic oxidation sites excluding steroid dienone is 1. The van der Waals surface area contributed by atoms with Crippen molar-refractivity contribution in [3.63, 3.8) is 0 Å². The lowest BCUT2D eigenvalue weighted by atomic mass is 9.70. The second-order valence-corrected chi connectivity index (χ2v) is 12.0.